The highest BCUT2D eigenvalue weighted by atomic mass is 35.5. The normalized spacial score (nSPS) is 11.0. The molecule has 0 bridgehead atoms. The van der Waals surface area contributed by atoms with E-state index < -0.39 is 23.2 Å². The van der Waals surface area contributed by atoms with Gasteiger partial charge in [-0.3, -0.25) is 4.79 Å². The Labute approximate surface area is 219 Å². The second-order valence-electron chi connectivity index (χ2n) is 7.40. The SMILES string of the molecule is Nn1c(N/N=C/c2ccccc2OCc2ccccc2Cl)nnc1SCC(=O)Nc1c(F)cccc1F. The number of rotatable bonds is 10. The zero-order valence-electron chi connectivity index (χ0n) is 19.1. The van der Waals surface area contributed by atoms with Gasteiger partial charge in [-0.15, -0.1) is 10.2 Å². The molecule has 0 saturated heterocycles. The number of nitrogens with two attached hydrogens (primary N) is 1. The number of hydrazone groups is 1. The summed E-state index contributed by atoms with van der Waals surface area (Å²) >= 11 is 7.12. The molecular weight excluding hydrogens is 524 g/mol. The van der Waals surface area contributed by atoms with Crippen LogP contribution in [-0.2, 0) is 11.4 Å². The van der Waals surface area contributed by atoms with E-state index in [1.54, 1.807) is 12.1 Å². The molecule has 190 valence electrons. The number of carbonyl (C=O) groups is 1. The van der Waals surface area contributed by atoms with E-state index >= 15 is 0 Å². The Morgan fingerprint density at radius 3 is 2.59 bits per heavy atom. The Hall–Kier alpha value is -4.16. The molecule has 4 rings (SSSR count). The van der Waals surface area contributed by atoms with Crippen LogP contribution in [0.1, 0.15) is 11.1 Å². The first-order valence-electron chi connectivity index (χ1n) is 10.7. The van der Waals surface area contributed by atoms with E-state index in [4.69, 9.17) is 22.2 Å². The molecule has 0 atom stereocenters. The Balaban J connectivity index is 1.33. The van der Waals surface area contributed by atoms with Gasteiger partial charge in [0.15, 0.2) is 0 Å². The summed E-state index contributed by atoms with van der Waals surface area (Å²) in [6.45, 7) is 0.285. The maximum Gasteiger partial charge on any atom is 0.264 e. The third-order valence-corrected chi connectivity index (χ3v) is 6.16. The highest BCUT2D eigenvalue weighted by Crippen LogP contribution is 2.22. The van der Waals surface area contributed by atoms with Gasteiger partial charge in [-0.1, -0.05) is 59.8 Å². The molecule has 0 radical (unpaired) electrons. The Kier molecular flexibility index (Phi) is 8.54. The largest absolute Gasteiger partial charge is 0.488 e. The van der Waals surface area contributed by atoms with Gasteiger partial charge in [-0.25, -0.2) is 18.9 Å². The number of para-hydroxylation sites is 2. The number of carbonyl (C=O) groups excluding carboxylic acids is 1. The van der Waals surface area contributed by atoms with Crippen molar-refractivity contribution >= 4 is 47.1 Å². The molecule has 13 heteroatoms. The lowest BCUT2D eigenvalue weighted by atomic mass is 10.2. The van der Waals surface area contributed by atoms with Gasteiger partial charge in [0.1, 0.15) is 29.7 Å². The first kappa shape index (κ1) is 25.9. The summed E-state index contributed by atoms with van der Waals surface area (Å²) in [5.41, 5.74) is 3.70. The van der Waals surface area contributed by atoms with Crippen LogP contribution in [0.4, 0.5) is 20.4 Å². The van der Waals surface area contributed by atoms with Gasteiger partial charge >= 0.3 is 0 Å². The van der Waals surface area contributed by atoms with Crippen molar-refractivity contribution in [1.82, 2.24) is 14.9 Å². The van der Waals surface area contributed by atoms with Gasteiger partial charge in [-0.05, 0) is 30.3 Å². The number of nitrogens with one attached hydrogen (secondary N) is 2. The summed E-state index contributed by atoms with van der Waals surface area (Å²) in [6.07, 6.45) is 1.53. The molecule has 1 aromatic heterocycles. The first-order chi connectivity index (χ1) is 17.9. The Morgan fingerprint density at radius 2 is 1.81 bits per heavy atom. The molecule has 1 amide bonds. The fraction of sp³-hybridized carbons (Fsp3) is 0.0833. The van der Waals surface area contributed by atoms with Gasteiger partial charge < -0.3 is 15.9 Å². The van der Waals surface area contributed by atoms with Crippen LogP contribution in [0.3, 0.4) is 0 Å². The number of amides is 1. The molecule has 0 aliphatic carbocycles. The van der Waals surface area contributed by atoms with Crippen LogP contribution in [-0.4, -0.2) is 32.7 Å². The molecular formula is C24H20ClF2N7O2S. The predicted molar refractivity (Wildman–Crippen MR) is 139 cm³/mol. The molecule has 0 saturated carbocycles. The van der Waals surface area contributed by atoms with E-state index in [1.807, 2.05) is 36.4 Å². The summed E-state index contributed by atoms with van der Waals surface area (Å²) < 4.78 is 34.4. The van der Waals surface area contributed by atoms with E-state index in [-0.39, 0.29) is 23.5 Å². The van der Waals surface area contributed by atoms with Crippen LogP contribution in [0.5, 0.6) is 5.75 Å². The standard InChI is InChI=1S/C24H20ClF2N7O2S/c25-17-8-3-1-7-16(17)13-36-20-11-4-2-6-15(20)12-29-31-23-32-33-24(34(23)28)37-14-21(35)30-22-18(26)9-5-10-19(22)27/h1-12H,13-14,28H2,(H,30,35)(H,31,32)/b29-12+. The number of hydrogen-bond acceptors (Lipinski definition) is 8. The molecule has 1 heterocycles. The molecule has 4 aromatic rings. The minimum absolute atomic E-state index is 0.105. The predicted octanol–water partition coefficient (Wildman–Crippen LogP) is 4.68. The third kappa shape index (κ3) is 6.74. The van der Waals surface area contributed by atoms with E-state index in [0.717, 1.165) is 34.1 Å². The molecule has 0 spiro atoms. The van der Waals surface area contributed by atoms with Crippen molar-refractivity contribution in [3.8, 4) is 5.75 Å². The van der Waals surface area contributed by atoms with Crippen molar-refractivity contribution in [3.63, 3.8) is 0 Å². The van der Waals surface area contributed by atoms with Crippen molar-refractivity contribution in [3.05, 3.63) is 94.5 Å². The third-order valence-electron chi connectivity index (χ3n) is 4.85. The summed E-state index contributed by atoms with van der Waals surface area (Å²) in [5.74, 6) is 4.07. The van der Waals surface area contributed by atoms with Gasteiger partial charge in [0.2, 0.25) is 11.1 Å². The molecule has 0 fully saturated rings. The summed E-state index contributed by atoms with van der Waals surface area (Å²) in [5, 5.41) is 14.9. The molecule has 9 nitrogen and oxygen atoms in total. The number of ether oxygens (including phenoxy) is 1. The van der Waals surface area contributed by atoms with Crippen molar-refractivity contribution in [2.45, 2.75) is 11.8 Å². The van der Waals surface area contributed by atoms with Gasteiger partial charge in [0, 0.05) is 16.1 Å². The Morgan fingerprint density at radius 1 is 1.08 bits per heavy atom. The maximum atomic E-state index is 13.7. The summed E-state index contributed by atoms with van der Waals surface area (Å²) in [6, 6.07) is 18.0. The number of thioether (sulfide) groups is 1. The molecule has 0 aliphatic rings. The zero-order valence-corrected chi connectivity index (χ0v) is 20.6. The number of benzene rings is 3. The summed E-state index contributed by atoms with van der Waals surface area (Å²) in [4.78, 5) is 12.1. The molecule has 4 N–H and O–H groups in total. The maximum absolute atomic E-state index is 13.7. The van der Waals surface area contributed by atoms with Gasteiger partial charge in [-0.2, -0.15) is 5.10 Å². The fourth-order valence-corrected chi connectivity index (χ4v) is 3.87. The van der Waals surface area contributed by atoms with Crippen LogP contribution in [0, 0.1) is 11.6 Å². The van der Waals surface area contributed by atoms with Crippen molar-refractivity contribution < 1.29 is 18.3 Å². The minimum atomic E-state index is -0.875. The minimum Gasteiger partial charge on any atom is -0.488 e. The van der Waals surface area contributed by atoms with Gasteiger partial charge in [0.25, 0.3) is 5.95 Å². The quantitative estimate of drug-likeness (QED) is 0.115. The smallest absolute Gasteiger partial charge is 0.264 e. The van der Waals surface area contributed by atoms with E-state index in [2.05, 4.69) is 26.0 Å². The number of halogens is 3. The first-order valence-corrected chi connectivity index (χ1v) is 12.1. The molecule has 3 aromatic carbocycles. The number of aromatic nitrogens is 3. The highest BCUT2D eigenvalue weighted by molar-refractivity contribution is 7.99. The lowest BCUT2D eigenvalue weighted by molar-refractivity contribution is -0.113. The van der Waals surface area contributed by atoms with Crippen LogP contribution >= 0.6 is 23.4 Å². The molecule has 37 heavy (non-hydrogen) atoms. The average molecular weight is 544 g/mol. The monoisotopic (exact) mass is 543 g/mol. The number of nitrogens with zero attached hydrogens (tertiary/aromatic N) is 4. The van der Waals surface area contributed by atoms with E-state index in [9.17, 15) is 13.6 Å². The lowest BCUT2D eigenvalue weighted by Gasteiger charge is -2.10. The lowest BCUT2D eigenvalue weighted by Crippen LogP contribution is -2.18. The second-order valence-corrected chi connectivity index (χ2v) is 8.75. The van der Waals surface area contributed by atoms with Crippen LogP contribution < -0.4 is 21.3 Å². The molecule has 0 unspecified atom stereocenters. The van der Waals surface area contributed by atoms with Crippen LogP contribution in [0.15, 0.2) is 77.0 Å². The van der Waals surface area contributed by atoms with Crippen LogP contribution in [0.2, 0.25) is 5.02 Å². The molecule has 0 aliphatic heterocycles. The van der Waals surface area contributed by atoms with Gasteiger partial charge in [0.05, 0.1) is 12.0 Å². The van der Waals surface area contributed by atoms with Crippen LogP contribution in [0.25, 0.3) is 0 Å². The number of anilines is 2. The number of nitrogen functional groups attached to an aromatic ring is 1. The summed E-state index contributed by atoms with van der Waals surface area (Å²) in [7, 11) is 0. The average Bonchev–Trinajstić information content (AvgIpc) is 3.24. The second kappa shape index (κ2) is 12.2. The fourth-order valence-electron chi connectivity index (χ4n) is 3.02. The highest BCUT2D eigenvalue weighted by Gasteiger charge is 2.15. The van der Waals surface area contributed by atoms with Crippen molar-refractivity contribution in [2.24, 2.45) is 5.10 Å². The Bertz CT molecular complexity index is 1410. The van der Waals surface area contributed by atoms with E-state index in [0.29, 0.717) is 16.3 Å². The number of hydrogen-bond donors (Lipinski definition) is 3. The van der Waals surface area contributed by atoms with Crippen molar-refractivity contribution in [2.75, 3.05) is 22.3 Å². The zero-order chi connectivity index (χ0) is 26.2. The van der Waals surface area contributed by atoms with E-state index in [1.165, 1.54) is 12.3 Å². The van der Waals surface area contributed by atoms with Crippen molar-refractivity contribution in [1.29, 1.82) is 0 Å². The topological polar surface area (TPSA) is 119 Å².